The molecule has 0 fully saturated rings. The lowest BCUT2D eigenvalue weighted by Gasteiger charge is -2.16. The van der Waals surface area contributed by atoms with E-state index in [9.17, 15) is 17.6 Å². The van der Waals surface area contributed by atoms with Gasteiger partial charge < -0.3 is 10.7 Å². The minimum absolute atomic E-state index is 0.0734. The van der Waals surface area contributed by atoms with Gasteiger partial charge in [-0.15, -0.1) is 0 Å². The van der Waals surface area contributed by atoms with Gasteiger partial charge in [0.15, 0.2) is 5.82 Å². The third kappa shape index (κ3) is 3.19. The van der Waals surface area contributed by atoms with Crippen LogP contribution >= 0.6 is 0 Å². The number of nitrogens with two attached hydrogens (primary N) is 1. The van der Waals surface area contributed by atoms with E-state index in [0.717, 1.165) is 6.20 Å². The van der Waals surface area contributed by atoms with Crippen molar-refractivity contribution in [3.63, 3.8) is 0 Å². The second kappa shape index (κ2) is 4.92. The SMILES string of the molecule is NNc1cncc(NCC(F)(F)C(F)F)n1. The minimum Gasteiger partial charge on any atom is -0.362 e. The van der Waals surface area contributed by atoms with Crippen LogP contribution in [-0.2, 0) is 0 Å². The number of hydrazine groups is 1. The Kier molecular flexibility index (Phi) is 3.82. The molecule has 9 heteroatoms. The highest BCUT2D eigenvalue weighted by Gasteiger charge is 2.40. The van der Waals surface area contributed by atoms with Gasteiger partial charge in [-0.05, 0) is 0 Å². The predicted octanol–water partition coefficient (Wildman–Crippen LogP) is 1.07. The largest absolute Gasteiger partial charge is 0.362 e. The molecule has 1 rings (SSSR count). The molecular formula is C7H9F4N5. The van der Waals surface area contributed by atoms with Crippen LogP contribution < -0.4 is 16.6 Å². The summed E-state index contributed by atoms with van der Waals surface area (Å²) in [5.41, 5.74) is 2.14. The van der Waals surface area contributed by atoms with Crippen LogP contribution in [0.15, 0.2) is 12.4 Å². The first-order chi connectivity index (χ1) is 7.45. The van der Waals surface area contributed by atoms with Gasteiger partial charge >= 0.3 is 12.3 Å². The molecule has 1 aromatic heterocycles. The van der Waals surface area contributed by atoms with Crippen molar-refractivity contribution in [3.8, 4) is 0 Å². The molecule has 0 aromatic carbocycles. The van der Waals surface area contributed by atoms with Crippen molar-refractivity contribution in [1.29, 1.82) is 0 Å². The second-order valence-electron chi connectivity index (χ2n) is 2.85. The molecule has 0 aliphatic heterocycles. The van der Waals surface area contributed by atoms with E-state index in [1.54, 1.807) is 0 Å². The molecule has 0 bridgehead atoms. The molecule has 1 heterocycles. The number of anilines is 2. The van der Waals surface area contributed by atoms with E-state index in [1.165, 1.54) is 6.20 Å². The van der Waals surface area contributed by atoms with Crippen LogP contribution in [0.5, 0.6) is 0 Å². The molecule has 0 saturated carbocycles. The lowest BCUT2D eigenvalue weighted by molar-refractivity contribution is -0.117. The fourth-order valence-electron chi connectivity index (χ4n) is 0.806. The van der Waals surface area contributed by atoms with Gasteiger partial charge in [-0.25, -0.2) is 19.6 Å². The number of aromatic nitrogens is 2. The van der Waals surface area contributed by atoms with E-state index in [1.807, 2.05) is 5.32 Å². The first kappa shape index (κ1) is 12.4. The Morgan fingerprint density at radius 1 is 1.31 bits per heavy atom. The summed E-state index contributed by atoms with van der Waals surface area (Å²) in [6.45, 7) is -1.23. The smallest absolute Gasteiger partial charge is 0.324 e. The maximum Gasteiger partial charge on any atom is 0.324 e. The zero-order chi connectivity index (χ0) is 12.2. The Bertz CT molecular complexity index is 345. The highest BCUT2D eigenvalue weighted by atomic mass is 19.3. The molecule has 0 unspecified atom stereocenters. The average molecular weight is 239 g/mol. The zero-order valence-corrected chi connectivity index (χ0v) is 7.92. The summed E-state index contributed by atoms with van der Waals surface area (Å²) in [6, 6.07) is 0. The molecular weight excluding hydrogens is 230 g/mol. The van der Waals surface area contributed by atoms with E-state index in [0.29, 0.717) is 0 Å². The highest BCUT2D eigenvalue weighted by molar-refractivity contribution is 5.40. The van der Waals surface area contributed by atoms with Crippen LogP contribution in [0.4, 0.5) is 29.2 Å². The number of nitrogen functional groups attached to an aromatic ring is 1. The molecule has 5 nitrogen and oxygen atoms in total. The fourth-order valence-corrected chi connectivity index (χ4v) is 0.806. The number of hydrogen-bond donors (Lipinski definition) is 3. The lowest BCUT2D eigenvalue weighted by Crippen LogP contribution is -2.35. The Labute approximate surface area is 88.0 Å². The van der Waals surface area contributed by atoms with Gasteiger partial charge in [0.25, 0.3) is 0 Å². The van der Waals surface area contributed by atoms with E-state index in [2.05, 4.69) is 15.4 Å². The van der Waals surface area contributed by atoms with Gasteiger partial charge in [0, 0.05) is 0 Å². The van der Waals surface area contributed by atoms with Crippen molar-refractivity contribution in [2.24, 2.45) is 5.84 Å². The maximum atomic E-state index is 12.5. The third-order valence-electron chi connectivity index (χ3n) is 1.61. The van der Waals surface area contributed by atoms with Crippen LogP contribution in [0.3, 0.4) is 0 Å². The molecule has 4 N–H and O–H groups in total. The molecule has 0 aliphatic rings. The van der Waals surface area contributed by atoms with Crippen LogP contribution in [0.1, 0.15) is 0 Å². The quantitative estimate of drug-likeness (QED) is 0.407. The maximum absolute atomic E-state index is 12.5. The Hall–Kier alpha value is -1.64. The van der Waals surface area contributed by atoms with Crippen molar-refractivity contribution < 1.29 is 17.6 Å². The molecule has 0 spiro atoms. The van der Waals surface area contributed by atoms with Gasteiger partial charge in [-0.2, -0.15) is 8.78 Å². The van der Waals surface area contributed by atoms with Crippen LogP contribution in [-0.4, -0.2) is 28.9 Å². The summed E-state index contributed by atoms with van der Waals surface area (Å²) in [6.07, 6.45) is -1.37. The number of hydrogen-bond acceptors (Lipinski definition) is 5. The number of alkyl halides is 4. The summed E-state index contributed by atoms with van der Waals surface area (Å²) in [4.78, 5) is 7.27. The minimum atomic E-state index is -4.12. The molecule has 90 valence electrons. The topological polar surface area (TPSA) is 75.9 Å². The molecule has 0 amide bonds. The standard InChI is InChI=1S/C7H9F4N5/c8-6(9)7(10,11)3-14-4-1-13-2-5(15-4)16-12/h1-2,6H,3,12H2,(H2,14,15,16). The van der Waals surface area contributed by atoms with Crippen molar-refractivity contribution in [3.05, 3.63) is 12.4 Å². The summed E-state index contributed by atoms with van der Waals surface area (Å²) in [7, 11) is 0. The zero-order valence-electron chi connectivity index (χ0n) is 7.92. The molecule has 0 saturated heterocycles. The van der Waals surface area contributed by atoms with Gasteiger partial charge in [-0.3, -0.25) is 4.98 Å². The third-order valence-corrected chi connectivity index (χ3v) is 1.61. The van der Waals surface area contributed by atoms with Crippen LogP contribution in [0.2, 0.25) is 0 Å². The summed E-state index contributed by atoms with van der Waals surface area (Å²) >= 11 is 0. The van der Waals surface area contributed by atoms with Crippen molar-refractivity contribution in [1.82, 2.24) is 9.97 Å². The summed E-state index contributed by atoms with van der Waals surface area (Å²) in [5.74, 6) is 0.940. The van der Waals surface area contributed by atoms with E-state index in [4.69, 9.17) is 5.84 Å². The molecule has 1 aromatic rings. The molecule has 0 atom stereocenters. The van der Waals surface area contributed by atoms with E-state index in [-0.39, 0.29) is 11.6 Å². The summed E-state index contributed by atoms with van der Waals surface area (Å²) < 4.78 is 48.6. The number of nitrogens with zero attached hydrogens (tertiary/aromatic N) is 2. The first-order valence-corrected chi connectivity index (χ1v) is 4.14. The second-order valence-corrected chi connectivity index (χ2v) is 2.85. The lowest BCUT2D eigenvalue weighted by atomic mass is 10.3. The normalized spacial score (nSPS) is 11.6. The monoisotopic (exact) mass is 239 g/mol. The van der Waals surface area contributed by atoms with Gasteiger partial charge in [0.1, 0.15) is 5.82 Å². The summed E-state index contributed by atoms with van der Waals surface area (Å²) in [5, 5.41) is 2.04. The molecule has 0 radical (unpaired) electrons. The van der Waals surface area contributed by atoms with Crippen molar-refractivity contribution in [2.75, 3.05) is 17.3 Å². The fraction of sp³-hybridized carbons (Fsp3) is 0.429. The van der Waals surface area contributed by atoms with Crippen LogP contribution in [0.25, 0.3) is 0 Å². The van der Waals surface area contributed by atoms with Crippen molar-refractivity contribution >= 4 is 11.6 Å². The van der Waals surface area contributed by atoms with Crippen molar-refractivity contribution in [2.45, 2.75) is 12.3 Å². The Balaban J connectivity index is 2.60. The van der Waals surface area contributed by atoms with E-state index >= 15 is 0 Å². The highest BCUT2D eigenvalue weighted by Crippen LogP contribution is 2.22. The molecule has 16 heavy (non-hydrogen) atoms. The van der Waals surface area contributed by atoms with Gasteiger partial charge in [0.05, 0.1) is 18.9 Å². The predicted molar refractivity (Wildman–Crippen MR) is 49.3 cm³/mol. The van der Waals surface area contributed by atoms with Crippen LogP contribution in [0, 0.1) is 0 Å². The number of halogens is 4. The number of nitrogens with one attached hydrogen (secondary N) is 2. The first-order valence-electron chi connectivity index (χ1n) is 4.14. The van der Waals surface area contributed by atoms with Gasteiger partial charge in [0.2, 0.25) is 0 Å². The van der Waals surface area contributed by atoms with E-state index < -0.39 is 18.9 Å². The molecule has 0 aliphatic carbocycles. The van der Waals surface area contributed by atoms with Gasteiger partial charge in [-0.1, -0.05) is 0 Å². The number of rotatable bonds is 5. The Morgan fingerprint density at radius 3 is 2.50 bits per heavy atom. The Morgan fingerprint density at radius 2 is 1.94 bits per heavy atom. The average Bonchev–Trinajstić information content (AvgIpc) is 2.26.